The Morgan fingerprint density at radius 1 is 1.12 bits per heavy atom. The summed E-state index contributed by atoms with van der Waals surface area (Å²) in [6.07, 6.45) is 13.0. The van der Waals surface area contributed by atoms with Crippen LogP contribution in [0.5, 0.6) is 0 Å². The van der Waals surface area contributed by atoms with Crippen LogP contribution in [-0.4, -0.2) is 0 Å². The second-order valence-electron chi connectivity index (χ2n) is 3.77. The van der Waals surface area contributed by atoms with Gasteiger partial charge < -0.3 is 24.8 Å². The average Bonchev–Trinajstić information content (AvgIpc) is 2.92. The molecule has 0 N–H and O–H groups in total. The third kappa shape index (κ3) is 6.60. The Morgan fingerprint density at radius 3 is 2.35 bits per heavy atom. The van der Waals surface area contributed by atoms with Crippen molar-refractivity contribution in [3.63, 3.8) is 0 Å². The van der Waals surface area contributed by atoms with Crippen molar-refractivity contribution < 1.29 is 51.0 Å². The molecular formula is C14H16Cl2Zr. The van der Waals surface area contributed by atoms with E-state index < -0.39 is 0 Å². The van der Waals surface area contributed by atoms with Gasteiger partial charge in [0.2, 0.25) is 0 Å². The third-order valence-corrected chi connectivity index (χ3v) is 2.77. The summed E-state index contributed by atoms with van der Waals surface area (Å²) in [6.45, 7) is 0. The Hall–Kier alpha value is 0.163. The number of halogens is 2. The normalized spacial score (nSPS) is 18.8. The first-order valence-corrected chi connectivity index (χ1v) is 5.33. The first kappa shape index (κ1) is 19.5. The van der Waals surface area contributed by atoms with Crippen LogP contribution in [0.25, 0.3) is 0 Å². The molecule has 1 fully saturated rings. The fourth-order valence-electron chi connectivity index (χ4n) is 1.99. The van der Waals surface area contributed by atoms with E-state index in [0.717, 1.165) is 5.92 Å². The Morgan fingerprint density at radius 2 is 1.82 bits per heavy atom. The molecule has 2 aliphatic rings. The Balaban J connectivity index is 0. The van der Waals surface area contributed by atoms with Gasteiger partial charge in [0.05, 0.1) is 0 Å². The SMILES string of the molecule is C1=CCC2CC[CH-]C2=C1.[Cl-].[Cl-].[Zr+4].c1cc[cH-]c1. The topological polar surface area (TPSA) is 0 Å². The molecule has 0 aromatic heterocycles. The maximum Gasteiger partial charge on any atom is 4.00 e. The molecule has 0 saturated heterocycles. The Bertz CT molecular complexity index is 298. The monoisotopic (exact) mass is 344 g/mol. The maximum absolute atomic E-state index is 2.37. The Kier molecular flexibility index (Phi) is 12.9. The van der Waals surface area contributed by atoms with Crippen LogP contribution >= 0.6 is 0 Å². The van der Waals surface area contributed by atoms with E-state index in [0.29, 0.717) is 0 Å². The number of hydrogen-bond donors (Lipinski definition) is 0. The van der Waals surface area contributed by atoms with E-state index in [4.69, 9.17) is 0 Å². The summed E-state index contributed by atoms with van der Waals surface area (Å²) in [6, 6.07) is 10.0. The van der Waals surface area contributed by atoms with Crippen molar-refractivity contribution in [3.8, 4) is 0 Å². The summed E-state index contributed by atoms with van der Waals surface area (Å²) in [7, 11) is 0. The molecule has 1 aromatic rings. The molecule has 2 aliphatic carbocycles. The molecule has 0 bridgehead atoms. The zero-order valence-corrected chi connectivity index (χ0v) is 13.6. The minimum absolute atomic E-state index is 0. The second-order valence-corrected chi connectivity index (χ2v) is 3.77. The van der Waals surface area contributed by atoms with Gasteiger partial charge in [-0.15, -0.1) is 18.6 Å². The zero-order valence-electron chi connectivity index (χ0n) is 9.65. The molecular weight excluding hydrogens is 330 g/mol. The van der Waals surface area contributed by atoms with Gasteiger partial charge >= 0.3 is 26.2 Å². The summed E-state index contributed by atoms with van der Waals surface area (Å²) in [5, 5.41) is 0. The van der Waals surface area contributed by atoms with Gasteiger partial charge in [0.1, 0.15) is 0 Å². The van der Waals surface area contributed by atoms with Crippen molar-refractivity contribution in [3.05, 3.63) is 60.6 Å². The average molecular weight is 346 g/mol. The summed E-state index contributed by atoms with van der Waals surface area (Å²) in [5.41, 5.74) is 1.58. The van der Waals surface area contributed by atoms with Gasteiger partial charge in [-0.25, -0.2) is 30.2 Å². The molecule has 17 heavy (non-hydrogen) atoms. The Labute approximate surface area is 136 Å². The summed E-state index contributed by atoms with van der Waals surface area (Å²) < 4.78 is 0. The van der Waals surface area contributed by atoms with E-state index in [2.05, 4.69) is 24.6 Å². The molecule has 90 valence electrons. The van der Waals surface area contributed by atoms with Crippen molar-refractivity contribution in [2.45, 2.75) is 19.3 Å². The largest absolute Gasteiger partial charge is 4.00 e. The smallest absolute Gasteiger partial charge is 1.00 e. The molecule has 3 rings (SSSR count). The molecule has 1 unspecified atom stereocenters. The molecule has 0 spiro atoms. The van der Waals surface area contributed by atoms with Crippen LogP contribution in [0.15, 0.2) is 54.1 Å². The molecule has 3 heteroatoms. The predicted molar refractivity (Wildman–Crippen MR) is 60.9 cm³/mol. The first-order valence-electron chi connectivity index (χ1n) is 5.33. The molecule has 0 heterocycles. The van der Waals surface area contributed by atoms with Crippen LogP contribution in [0.3, 0.4) is 0 Å². The molecule has 1 atom stereocenters. The fraction of sp³-hybridized carbons (Fsp3) is 0.286. The van der Waals surface area contributed by atoms with Gasteiger partial charge in [-0.05, 0) is 12.3 Å². The van der Waals surface area contributed by atoms with Crippen molar-refractivity contribution in [1.29, 1.82) is 0 Å². The van der Waals surface area contributed by atoms with Gasteiger partial charge in [0.15, 0.2) is 0 Å². The molecule has 0 aliphatic heterocycles. The minimum atomic E-state index is 0. The van der Waals surface area contributed by atoms with Gasteiger partial charge in [-0.2, -0.15) is 18.2 Å². The van der Waals surface area contributed by atoms with Gasteiger partial charge in [0.25, 0.3) is 0 Å². The van der Waals surface area contributed by atoms with E-state index in [1.165, 1.54) is 19.3 Å². The van der Waals surface area contributed by atoms with Crippen molar-refractivity contribution in [2.24, 2.45) is 5.92 Å². The van der Waals surface area contributed by atoms with E-state index >= 15 is 0 Å². The fourth-order valence-corrected chi connectivity index (χ4v) is 1.99. The molecule has 0 radical (unpaired) electrons. The number of fused-ring (bicyclic) bond motifs is 1. The summed E-state index contributed by atoms with van der Waals surface area (Å²) >= 11 is 0. The van der Waals surface area contributed by atoms with E-state index in [-0.39, 0.29) is 51.0 Å². The van der Waals surface area contributed by atoms with Crippen LogP contribution in [-0.2, 0) is 26.2 Å². The van der Waals surface area contributed by atoms with Crippen LogP contribution in [0.2, 0.25) is 0 Å². The zero-order chi connectivity index (χ0) is 9.64. The molecule has 0 amide bonds. The van der Waals surface area contributed by atoms with Gasteiger partial charge in [-0.3, -0.25) is 0 Å². The maximum atomic E-state index is 2.37. The number of allylic oxidation sites excluding steroid dienone is 4. The third-order valence-electron chi connectivity index (χ3n) is 2.77. The van der Waals surface area contributed by atoms with Crippen LogP contribution in [0, 0.1) is 12.3 Å². The predicted octanol–water partition coefficient (Wildman–Crippen LogP) is -2.10. The quantitative estimate of drug-likeness (QED) is 0.472. The molecule has 1 saturated carbocycles. The van der Waals surface area contributed by atoms with Crippen LogP contribution in [0.4, 0.5) is 0 Å². The van der Waals surface area contributed by atoms with Crippen molar-refractivity contribution in [2.75, 3.05) is 0 Å². The van der Waals surface area contributed by atoms with Crippen molar-refractivity contribution >= 4 is 0 Å². The van der Waals surface area contributed by atoms with E-state index in [1.54, 1.807) is 5.57 Å². The van der Waals surface area contributed by atoms with E-state index in [9.17, 15) is 0 Å². The second kappa shape index (κ2) is 11.3. The summed E-state index contributed by atoms with van der Waals surface area (Å²) in [5.74, 6) is 0.884. The van der Waals surface area contributed by atoms with Gasteiger partial charge in [-0.1, -0.05) is 6.42 Å². The summed E-state index contributed by atoms with van der Waals surface area (Å²) in [4.78, 5) is 0. The standard InChI is InChI=1S/C9H11.C5H5.2ClH.Zr/c1-2-5-9-7-3-6-8(9)4-1;1-2-4-5-3-1;;;/h1-2,4,6,9H,3,5,7H2;1-5H;2*1H;/q2*-1;;;+4/p-2. The van der Waals surface area contributed by atoms with Crippen molar-refractivity contribution in [1.82, 2.24) is 0 Å². The number of hydrogen-bond acceptors (Lipinski definition) is 0. The van der Waals surface area contributed by atoms with Crippen LogP contribution < -0.4 is 24.8 Å². The van der Waals surface area contributed by atoms with E-state index in [1.807, 2.05) is 30.3 Å². The number of rotatable bonds is 0. The van der Waals surface area contributed by atoms with Crippen LogP contribution in [0.1, 0.15) is 19.3 Å². The molecule has 1 aromatic carbocycles. The van der Waals surface area contributed by atoms with Gasteiger partial charge in [0, 0.05) is 0 Å². The minimum Gasteiger partial charge on any atom is -1.00 e. The first-order chi connectivity index (χ1) is 6.97. The molecule has 0 nitrogen and oxygen atoms in total.